The maximum atomic E-state index is 5.77. The van der Waals surface area contributed by atoms with Crippen LogP contribution >= 0.6 is 0 Å². The molecule has 0 amide bonds. The first kappa shape index (κ1) is 11.4. The van der Waals surface area contributed by atoms with Crippen molar-refractivity contribution in [3.63, 3.8) is 0 Å². The molecular weight excluding hydrogens is 230 g/mol. The highest BCUT2D eigenvalue weighted by Gasteiger charge is 2.30. The molecule has 1 aliphatic rings. The molecule has 3 N–H and O–H groups in total. The molecule has 6 heteroatoms. The van der Waals surface area contributed by atoms with Crippen molar-refractivity contribution in [1.82, 2.24) is 19.9 Å². The number of nitrogens with two attached hydrogens (primary N) is 1. The monoisotopic (exact) mass is 247 g/mol. The number of aromatic nitrogens is 4. The predicted octanol–water partition coefficient (Wildman–Crippen LogP) is 1.29. The molecule has 1 fully saturated rings. The van der Waals surface area contributed by atoms with Gasteiger partial charge in [0.2, 0.25) is 0 Å². The van der Waals surface area contributed by atoms with Crippen LogP contribution in [-0.4, -0.2) is 32.6 Å². The molecule has 0 spiro atoms. The number of fused-ring (bicyclic) bond motifs is 1. The summed E-state index contributed by atoms with van der Waals surface area (Å²) in [6.45, 7) is 2.84. The molecule has 1 aliphatic carbocycles. The van der Waals surface area contributed by atoms with Gasteiger partial charge in [-0.25, -0.2) is 15.0 Å². The number of imidazole rings is 1. The SMILES string of the molecule is CCOC1CC(Cc2nc3ncnc(N)c3[nH]2)C1. The van der Waals surface area contributed by atoms with Crippen molar-refractivity contribution in [3.8, 4) is 0 Å². The lowest BCUT2D eigenvalue weighted by atomic mass is 9.80. The van der Waals surface area contributed by atoms with Gasteiger partial charge in [0.25, 0.3) is 0 Å². The number of aromatic amines is 1. The van der Waals surface area contributed by atoms with Crippen LogP contribution in [0.1, 0.15) is 25.6 Å². The van der Waals surface area contributed by atoms with E-state index in [4.69, 9.17) is 10.5 Å². The summed E-state index contributed by atoms with van der Waals surface area (Å²) in [5.74, 6) is 2.05. The summed E-state index contributed by atoms with van der Waals surface area (Å²) in [5, 5.41) is 0. The Morgan fingerprint density at radius 3 is 3.00 bits per heavy atom. The largest absolute Gasteiger partial charge is 0.382 e. The molecule has 0 saturated heterocycles. The van der Waals surface area contributed by atoms with Crippen molar-refractivity contribution >= 4 is 17.0 Å². The van der Waals surface area contributed by atoms with Gasteiger partial charge in [0, 0.05) is 13.0 Å². The minimum atomic E-state index is 0.439. The Kier molecular flexibility index (Phi) is 2.87. The van der Waals surface area contributed by atoms with Crippen molar-refractivity contribution in [1.29, 1.82) is 0 Å². The van der Waals surface area contributed by atoms with Crippen LogP contribution in [0.4, 0.5) is 5.82 Å². The van der Waals surface area contributed by atoms with Gasteiger partial charge < -0.3 is 15.5 Å². The van der Waals surface area contributed by atoms with Gasteiger partial charge in [0.05, 0.1) is 6.10 Å². The summed E-state index contributed by atoms with van der Waals surface area (Å²) in [5.41, 5.74) is 7.16. The molecule has 0 unspecified atom stereocenters. The van der Waals surface area contributed by atoms with E-state index in [9.17, 15) is 0 Å². The van der Waals surface area contributed by atoms with Crippen LogP contribution in [0.3, 0.4) is 0 Å². The normalized spacial score (nSPS) is 23.2. The summed E-state index contributed by atoms with van der Waals surface area (Å²) in [6.07, 6.45) is 5.04. The molecule has 2 aromatic heterocycles. The zero-order valence-corrected chi connectivity index (χ0v) is 10.4. The minimum Gasteiger partial charge on any atom is -0.382 e. The molecule has 0 radical (unpaired) electrons. The standard InChI is InChI=1S/C12H17N5O/c1-2-18-8-3-7(4-8)5-9-16-10-11(13)14-6-15-12(10)17-9/h6-8H,2-5H2,1H3,(H3,13,14,15,16,17). The molecule has 0 bridgehead atoms. The van der Waals surface area contributed by atoms with Gasteiger partial charge in [-0.15, -0.1) is 0 Å². The molecule has 18 heavy (non-hydrogen) atoms. The average Bonchev–Trinajstić information content (AvgIpc) is 2.71. The number of nitrogens with zero attached hydrogens (tertiary/aromatic N) is 3. The lowest BCUT2D eigenvalue weighted by Gasteiger charge is -2.34. The topological polar surface area (TPSA) is 89.7 Å². The van der Waals surface area contributed by atoms with Crippen LogP contribution in [0.2, 0.25) is 0 Å². The highest BCUT2D eigenvalue weighted by atomic mass is 16.5. The van der Waals surface area contributed by atoms with Crippen molar-refractivity contribution in [3.05, 3.63) is 12.2 Å². The number of nitrogens with one attached hydrogen (secondary N) is 1. The third-order valence-corrected chi connectivity index (χ3v) is 3.44. The van der Waals surface area contributed by atoms with Gasteiger partial charge in [-0.2, -0.15) is 0 Å². The van der Waals surface area contributed by atoms with Crippen LogP contribution in [0, 0.1) is 5.92 Å². The lowest BCUT2D eigenvalue weighted by molar-refractivity contribution is -0.0244. The molecule has 96 valence electrons. The molecule has 2 heterocycles. The van der Waals surface area contributed by atoms with Crippen molar-refractivity contribution in [2.45, 2.75) is 32.3 Å². The summed E-state index contributed by atoms with van der Waals surface area (Å²) < 4.78 is 5.55. The van der Waals surface area contributed by atoms with Crippen LogP contribution in [-0.2, 0) is 11.2 Å². The third kappa shape index (κ3) is 2.03. The minimum absolute atomic E-state index is 0.439. The van der Waals surface area contributed by atoms with Crippen molar-refractivity contribution in [2.24, 2.45) is 5.92 Å². The van der Waals surface area contributed by atoms with Crippen LogP contribution in [0.5, 0.6) is 0 Å². The molecule has 6 nitrogen and oxygen atoms in total. The Bertz CT molecular complexity index is 546. The molecule has 3 rings (SSSR count). The molecule has 0 atom stereocenters. The van der Waals surface area contributed by atoms with E-state index in [0.29, 0.717) is 23.5 Å². The van der Waals surface area contributed by atoms with Gasteiger partial charge in [-0.1, -0.05) is 0 Å². The van der Waals surface area contributed by atoms with E-state index in [-0.39, 0.29) is 0 Å². The summed E-state index contributed by atoms with van der Waals surface area (Å²) in [7, 11) is 0. The fourth-order valence-corrected chi connectivity index (χ4v) is 2.48. The van der Waals surface area contributed by atoms with Gasteiger partial charge in [-0.05, 0) is 25.7 Å². The number of rotatable bonds is 4. The number of anilines is 1. The number of nitrogen functional groups attached to an aromatic ring is 1. The van der Waals surface area contributed by atoms with Crippen molar-refractivity contribution in [2.75, 3.05) is 12.3 Å². The Labute approximate surface area is 105 Å². The van der Waals surface area contributed by atoms with E-state index in [0.717, 1.165) is 37.2 Å². The Balaban J connectivity index is 1.67. The van der Waals surface area contributed by atoms with Crippen molar-refractivity contribution < 1.29 is 4.74 Å². The smallest absolute Gasteiger partial charge is 0.183 e. The maximum absolute atomic E-state index is 5.77. The fourth-order valence-electron chi connectivity index (χ4n) is 2.48. The number of hydrogen-bond acceptors (Lipinski definition) is 5. The number of ether oxygens (including phenoxy) is 1. The molecule has 0 aromatic carbocycles. The zero-order chi connectivity index (χ0) is 12.5. The van der Waals surface area contributed by atoms with Gasteiger partial charge >= 0.3 is 0 Å². The lowest BCUT2D eigenvalue weighted by Crippen LogP contribution is -2.32. The molecule has 1 saturated carbocycles. The number of H-pyrrole nitrogens is 1. The van der Waals surface area contributed by atoms with Gasteiger partial charge in [0.1, 0.15) is 17.7 Å². The summed E-state index contributed by atoms with van der Waals surface area (Å²) in [4.78, 5) is 15.7. The third-order valence-electron chi connectivity index (χ3n) is 3.44. The van der Waals surface area contributed by atoms with Gasteiger partial charge in [0.15, 0.2) is 11.5 Å². The quantitative estimate of drug-likeness (QED) is 0.849. The molecular formula is C12H17N5O. The second-order valence-electron chi connectivity index (χ2n) is 4.76. The van der Waals surface area contributed by atoms with Crippen LogP contribution < -0.4 is 5.73 Å². The first-order valence-corrected chi connectivity index (χ1v) is 6.33. The molecule has 2 aromatic rings. The summed E-state index contributed by atoms with van der Waals surface area (Å²) >= 11 is 0. The van der Waals surface area contributed by atoms with E-state index in [1.807, 2.05) is 6.92 Å². The Morgan fingerprint density at radius 2 is 2.28 bits per heavy atom. The van der Waals surface area contributed by atoms with E-state index in [1.54, 1.807) is 0 Å². The van der Waals surface area contributed by atoms with E-state index in [1.165, 1.54) is 6.33 Å². The summed E-state index contributed by atoms with van der Waals surface area (Å²) in [6, 6.07) is 0. The van der Waals surface area contributed by atoms with Gasteiger partial charge in [-0.3, -0.25) is 0 Å². The molecule has 0 aliphatic heterocycles. The first-order valence-electron chi connectivity index (χ1n) is 6.33. The highest BCUT2D eigenvalue weighted by Crippen LogP contribution is 2.32. The Morgan fingerprint density at radius 1 is 1.44 bits per heavy atom. The van der Waals surface area contributed by atoms with Crippen LogP contribution in [0.15, 0.2) is 6.33 Å². The fraction of sp³-hybridized carbons (Fsp3) is 0.583. The Hall–Kier alpha value is -1.69. The van der Waals surface area contributed by atoms with E-state index >= 15 is 0 Å². The zero-order valence-electron chi connectivity index (χ0n) is 10.4. The maximum Gasteiger partial charge on any atom is 0.183 e. The first-order chi connectivity index (χ1) is 8.76. The second-order valence-corrected chi connectivity index (χ2v) is 4.76. The number of hydrogen-bond donors (Lipinski definition) is 2. The average molecular weight is 247 g/mol. The van der Waals surface area contributed by atoms with E-state index < -0.39 is 0 Å². The highest BCUT2D eigenvalue weighted by molar-refractivity contribution is 5.80. The van der Waals surface area contributed by atoms with E-state index in [2.05, 4.69) is 19.9 Å². The van der Waals surface area contributed by atoms with Crippen LogP contribution in [0.25, 0.3) is 11.2 Å². The predicted molar refractivity (Wildman–Crippen MR) is 67.9 cm³/mol. The second kappa shape index (κ2) is 4.53.